The van der Waals surface area contributed by atoms with Crippen molar-refractivity contribution in [2.45, 2.75) is 96.8 Å². The van der Waals surface area contributed by atoms with Crippen LogP contribution in [0.1, 0.15) is 96.0 Å². The fourth-order valence-corrected chi connectivity index (χ4v) is 3.68. The quantitative estimate of drug-likeness (QED) is 0.192. The van der Waals surface area contributed by atoms with Gasteiger partial charge in [-0.3, -0.25) is 0 Å². The molecule has 1 aromatic carbocycles. The van der Waals surface area contributed by atoms with Crippen molar-refractivity contribution in [2.75, 3.05) is 20.6 Å². The SMILES string of the molecule is CCCCCCCCCCCCC=C[N+](C)(C)CCCCc1ccccc1. The van der Waals surface area contributed by atoms with Crippen molar-refractivity contribution >= 4 is 0 Å². The van der Waals surface area contributed by atoms with Crippen LogP contribution in [0.2, 0.25) is 0 Å². The maximum atomic E-state index is 2.42. The molecule has 0 saturated heterocycles. The van der Waals surface area contributed by atoms with Gasteiger partial charge in [0, 0.05) is 0 Å². The molecule has 0 aliphatic rings. The number of unbranched alkanes of at least 4 members (excludes halogenated alkanes) is 11. The first-order chi connectivity index (χ1) is 13.1. The summed E-state index contributed by atoms with van der Waals surface area (Å²) in [5.74, 6) is 0. The van der Waals surface area contributed by atoms with Crippen LogP contribution in [0.5, 0.6) is 0 Å². The van der Waals surface area contributed by atoms with E-state index >= 15 is 0 Å². The molecule has 1 rings (SSSR count). The van der Waals surface area contributed by atoms with Crippen LogP contribution >= 0.6 is 0 Å². The van der Waals surface area contributed by atoms with E-state index in [1.165, 1.54) is 102 Å². The zero-order valence-corrected chi connectivity index (χ0v) is 18.6. The predicted octanol–water partition coefficient (Wildman–Crippen LogP) is 7.91. The highest BCUT2D eigenvalue weighted by Gasteiger charge is 2.09. The van der Waals surface area contributed by atoms with Gasteiger partial charge in [0.05, 0.1) is 26.8 Å². The summed E-state index contributed by atoms with van der Waals surface area (Å²) in [5.41, 5.74) is 1.47. The van der Waals surface area contributed by atoms with Gasteiger partial charge < -0.3 is 4.48 Å². The lowest BCUT2D eigenvalue weighted by molar-refractivity contribution is -0.839. The maximum Gasteiger partial charge on any atom is 0.0913 e. The minimum Gasteiger partial charge on any atom is -0.302 e. The van der Waals surface area contributed by atoms with Crippen molar-refractivity contribution < 1.29 is 4.48 Å². The summed E-state index contributed by atoms with van der Waals surface area (Å²) in [6.07, 6.45) is 24.1. The molecule has 0 atom stereocenters. The van der Waals surface area contributed by atoms with E-state index in [2.05, 4.69) is 63.6 Å². The molecule has 0 aliphatic carbocycles. The summed E-state index contributed by atoms with van der Waals surface area (Å²) in [4.78, 5) is 0. The highest BCUT2D eigenvalue weighted by Crippen LogP contribution is 2.12. The van der Waals surface area contributed by atoms with Crippen molar-refractivity contribution in [1.29, 1.82) is 0 Å². The Morgan fingerprint density at radius 1 is 0.704 bits per heavy atom. The predicted molar refractivity (Wildman–Crippen MR) is 122 cm³/mol. The number of allylic oxidation sites excluding steroid dienone is 1. The van der Waals surface area contributed by atoms with Crippen molar-refractivity contribution in [3.05, 3.63) is 48.2 Å². The molecular weight excluding hydrogens is 326 g/mol. The molecule has 154 valence electrons. The lowest BCUT2D eigenvalue weighted by Gasteiger charge is -2.25. The number of rotatable bonds is 17. The summed E-state index contributed by atoms with van der Waals surface area (Å²) in [5, 5.41) is 0. The number of nitrogens with zero attached hydrogens (tertiary/aromatic N) is 1. The average molecular weight is 373 g/mol. The Morgan fingerprint density at radius 2 is 1.30 bits per heavy atom. The largest absolute Gasteiger partial charge is 0.302 e. The molecule has 0 heterocycles. The van der Waals surface area contributed by atoms with E-state index in [0.29, 0.717) is 0 Å². The van der Waals surface area contributed by atoms with Crippen molar-refractivity contribution in [3.63, 3.8) is 0 Å². The van der Waals surface area contributed by atoms with Gasteiger partial charge in [0.1, 0.15) is 0 Å². The molecule has 0 amide bonds. The molecule has 0 aliphatic heterocycles. The van der Waals surface area contributed by atoms with Crippen LogP contribution in [0.15, 0.2) is 42.6 Å². The van der Waals surface area contributed by atoms with Gasteiger partial charge in [0.15, 0.2) is 0 Å². The minimum absolute atomic E-state index is 1.02. The fourth-order valence-electron chi connectivity index (χ4n) is 3.68. The Labute approximate surface area is 170 Å². The molecule has 0 spiro atoms. The van der Waals surface area contributed by atoms with Crippen LogP contribution in [-0.2, 0) is 6.42 Å². The molecule has 0 saturated carbocycles. The van der Waals surface area contributed by atoms with Crippen molar-refractivity contribution in [2.24, 2.45) is 0 Å². The van der Waals surface area contributed by atoms with Gasteiger partial charge in [-0.15, -0.1) is 0 Å². The van der Waals surface area contributed by atoms with E-state index in [-0.39, 0.29) is 0 Å². The zero-order chi connectivity index (χ0) is 19.6. The number of hydrogen-bond acceptors (Lipinski definition) is 0. The number of benzene rings is 1. The van der Waals surface area contributed by atoms with Crippen LogP contribution in [0.3, 0.4) is 0 Å². The van der Waals surface area contributed by atoms with Crippen LogP contribution in [0, 0.1) is 0 Å². The first kappa shape index (κ1) is 24.0. The monoisotopic (exact) mass is 372 g/mol. The molecule has 1 heteroatoms. The topological polar surface area (TPSA) is 0 Å². The van der Waals surface area contributed by atoms with Gasteiger partial charge in [0.25, 0.3) is 0 Å². The molecule has 0 fully saturated rings. The van der Waals surface area contributed by atoms with Gasteiger partial charge in [-0.1, -0.05) is 95.0 Å². The molecule has 1 aromatic rings. The summed E-state index contributed by atoms with van der Waals surface area (Å²) in [6, 6.07) is 10.9. The average Bonchev–Trinajstić information content (AvgIpc) is 2.67. The van der Waals surface area contributed by atoms with Crippen LogP contribution in [-0.4, -0.2) is 25.1 Å². The molecule has 0 aromatic heterocycles. The van der Waals surface area contributed by atoms with Crippen LogP contribution in [0.4, 0.5) is 0 Å². The summed E-state index contributed by atoms with van der Waals surface area (Å²) < 4.78 is 1.02. The van der Waals surface area contributed by atoms with E-state index in [9.17, 15) is 0 Å². The second kappa shape index (κ2) is 15.9. The van der Waals surface area contributed by atoms with E-state index < -0.39 is 0 Å². The van der Waals surface area contributed by atoms with Crippen molar-refractivity contribution in [3.8, 4) is 0 Å². The number of hydrogen-bond donors (Lipinski definition) is 0. The van der Waals surface area contributed by atoms with Gasteiger partial charge in [0.2, 0.25) is 0 Å². The Balaban J connectivity index is 1.95. The number of quaternary nitrogens is 1. The Hall–Kier alpha value is -1.08. The normalized spacial score (nSPS) is 12.1. The lowest BCUT2D eigenvalue weighted by Crippen LogP contribution is -2.34. The first-order valence-electron chi connectivity index (χ1n) is 11.7. The summed E-state index contributed by atoms with van der Waals surface area (Å²) >= 11 is 0. The standard InChI is InChI=1S/C26H46N/c1-4-5-6-7-8-9-10-11-12-13-14-19-24-27(2,3)25-20-18-23-26-21-16-15-17-22-26/h15-17,19,21-22,24H,4-14,18,20,23,25H2,1-3H3/q+1. The molecule has 1 nitrogen and oxygen atoms in total. The second-order valence-corrected chi connectivity index (χ2v) is 8.80. The molecular formula is C26H46N+. The minimum atomic E-state index is 1.02. The second-order valence-electron chi connectivity index (χ2n) is 8.80. The molecule has 27 heavy (non-hydrogen) atoms. The van der Waals surface area contributed by atoms with E-state index in [4.69, 9.17) is 0 Å². The Kier molecular flexibility index (Phi) is 14.1. The molecule has 0 N–H and O–H groups in total. The van der Waals surface area contributed by atoms with E-state index in [1.807, 2.05) is 0 Å². The van der Waals surface area contributed by atoms with Gasteiger partial charge in [-0.2, -0.15) is 0 Å². The first-order valence-corrected chi connectivity index (χ1v) is 11.7. The summed E-state index contributed by atoms with van der Waals surface area (Å²) in [7, 11) is 4.66. The third-order valence-electron chi connectivity index (χ3n) is 5.53. The van der Waals surface area contributed by atoms with Crippen molar-refractivity contribution in [1.82, 2.24) is 0 Å². The maximum absolute atomic E-state index is 2.42. The highest BCUT2D eigenvalue weighted by molar-refractivity contribution is 5.14. The van der Waals surface area contributed by atoms with E-state index in [0.717, 1.165) is 4.48 Å². The molecule has 0 radical (unpaired) electrons. The number of aryl methyl sites for hydroxylation is 1. The van der Waals surface area contributed by atoms with Crippen LogP contribution in [0.25, 0.3) is 0 Å². The van der Waals surface area contributed by atoms with Gasteiger partial charge in [-0.25, -0.2) is 0 Å². The summed E-state index contributed by atoms with van der Waals surface area (Å²) in [6.45, 7) is 3.53. The zero-order valence-electron chi connectivity index (χ0n) is 18.6. The lowest BCUT2D eigenvalue weighted by atomic mass is 10.1. The van der Waals surface area contributed by atoms with E-state index in [1.54, 1.807) is 0 Å². The Morgan fingerprint density at radius 3 is 1.93 bits per heavy atom. The molecule has 0 bridgehead atoms. The van der Waals surface area contributed by atoms with Gasteiger partial charge >= 0.3 is 0 Å². The van der Waals surface area contributed by atoms with Gasteiger partial charge in [-0.05, 0) is 43.7 Å². The third kappa shape index (κ3) is 14.6. The molecule has 0 unspecified atom stereocenters. The highest BCUT2D eigenvalue weighted by atomic mass is 15.3. The fraction of sp³-hybridized carbons (Fsp3) is 0.692. The Bertz CT molecular complexity index is 460. The van der Waals surface area contributed by atoms with Crippen LogP contribution < -0.4 is 0 Å². The smallest absolute Gasteiger partial charge is 0.0913 e. The third-order valence-corrected chi connectivity index (χ3v) is 5.53.